The van der Waals surface area contributed by atoms with E-state index in [4.69, 9.17) is 11.5 Å². The minimum Gasteiger partial charge on any atom is -0.398 e. The molecule has 0 unspecified atom stereocenters. The van der Waals surface area contributed by atoms with Gasteiger partial charge in [-0.25, -0.2) is 9.37 Å². The molecule has 0 bridgehead atoms. The van der Waals surface area contributed by atoms with Crippen molar-refractivity contribution < 1.29 is 4.39 Å². The van der Waals surface area contributed by atoms with E-state index in [1.807, 2.05) is 0 Å². The molecule has 0 saturated carbocycles. The van der Waals surface area contributed by atoms with Crippen LogP contribution in [0.15, 0.2) is 36.5 Å². The van der Waals surface area contributed by atoms with Crippen molar-refractivity contribution in [1.29, 1.82) is 0 Å². The third-order valence-corrected chi connectivity index (χ3v) is 2.11. The molecule has 0 aliphatic rings. The minimum absolute atomic E-state index is 0.323. The molecule has 1 aromatic heterocycles. The normalized spacial score (nSPS) is 10.2. The van der Waals surface area contributed by atoms with E-state index in [0.717, 1.165) is 5.56 Å². The van der Waals surface area contributed by atoms with Crippen molar-refractivity contribution >= 4 is 11.5 Å². The first-order valence-corrected chi connectivity index (χ1v) is 4.44. The molecule has 1 heterocycles. The maximum Gasteiger partial charge on any atom is 0.123 e. The number of halogens is 1. The predicted octanol–water partition coefficient (Wildman–Crippen LogP) is 2.05. The number of aromatic nitrogens is 1. The van der Waals surface area contributed by atoms with Gasteiger partial charge >= 0.3 is 0 Å². The Labute approximate surface area is 86.6 Å². The summed E-state index contributed by atoms with van der Waals surface area (Å²) in [6.07, 6.45) is 1.57. The van der Waals surface area contributed by atoms with Crippen molar-refractivity contribution in [2.75, 3.05) is 11.5 Å². The highest BCUT2D eigenvalue weighted by molar-refractivity contribution is 5.76. The molecule has 0 aliphatic carbocycles. The summed E-state index contributed by atoms with van der Waals surface area (Å²) < 4.78 is 13.0. The summed E-state index contributed by atoms with van der Waals surface area (Å²) in [4.78, 5) is 3.93. The molecule has 0 spiro atoms. The Kier molecular flexibility index (Phi) is 2.25. The standard InChI is InChI=1S/C11H10FN3/c12-8-2-3-10(13)9(5-8)7-1-4-11(14)15-6-7/h1-6H,13H2,(H2,14,15). The monoisotopic (exact) mass is 203 g/mol. The molecule has 4 heteroatoms. The highest BCUT2D eigenvalue weighted by Crippen LogP contribution is 2.26. The maximum absolute atomic E-state index is 13.0. The van der Waals surface area contributed by atoms with E-state index in [9.17, 15) is 4.39 Å². The van der Waals surface area contributed by atoms with E-state index in [2.05, 4.69) is 4.98 Å². The van der Waals surface area contributed by atoms with E-state index in [-0.39, 0.29) is 5.82 Å². The highest BCUT2D eigenvalue weighted by atomic mass is 19.1. The molecule has 0 amide bonds. The Bertz CT molecular complexity index is 480. The van der Waals surface area contributed by atoms with Crippen LogP contribution in [0.1, 0.15) is 0 Å². The lowest BCUT2D eigenvalue weighted by molar-refractivity contribution is 0.628. The minimum atomic E-state index is -0.323. The van der Waals surface area contributed by atoms with Gasteiger partial charge in [0.2, 0.25) is 0 Å². The van der Waals surface area contributed by atoms with Gasteiger partial charge < -0.3 is 11.5 Å². The Balaban J connectivity index is 2.53. The van der Waals surface area contributed by atoms with E-state index in [0.29, 0.717) is 17.1 Å². The number of nitrogen functional groups attached to an aromatic ring is 2. The zero-order valence-electron chi connectivity index (χ0n) is 7.94. The van der Waals surface area contributed by atoms with Gasteiger partial charge in [0.1, 0.15) is 11.6 Å². The van der Waals surface area contributed by atoms with Crippen LogP contribution >= 0.6 is 0 Å². The number of benzene rings is 1. The molecular formula is C11H10FN3. The van der Waals surface area contributed by atoms with Gasteiger partial charge in [0, 0.05) is 23.0 Å². The Hall–Kier alpha value is -2.10. The summed E-state index contributed by atoms with van der Waals surface area (Å²) in [5.74, 6) is 0.102. The van der Waals surface area contributed by atoms with E-state index < -0.39 is 0 Å². The summed E-state index contributed by atoms with van der Waals surface area (Å²) in [5, 5.41) is 0. The van der Waals surface area contributed by atoms with Gasteiger partial charge in [-0.1, -0.05) is 0 Å². The van der Waals surface area contributed by atoms with E-state index >= 15 is 0 Å². The number of pyridine rings is 1. The molecule has 0 fully saturated rings. The number of nitrogens with zero attached hydrogens (tertiary/aromatic N) is 1. The summed E-state index contributed by atoms with van der Waals surface area (Å²) in [6, 6.07) is 7.64. The van der Waals surface area contributed by atoms with Crippen molar-refractivity contribution in [3.05, 3.63) is 42.3 Å². The van der Waals surface area contributed by atoms with Crippen LogP contribution in [-0.4, -0.2) is 4.98 Å². The van der Waals surface area contributed by atoms with Crippen LogP contribution in [0.4, 0.5) is 15.9 Å². The first kappa shape index (κ1) is 9.45. The Morgan fingerprint density at radius 1 is 1.07 bits per heavy atom. The van der Waals surface area contributed by atoms with Crippen LogP contribution in [0.2, 0.25) is 0 Å². The van der Waals surface area contributed by atoms with Gasteiger partial charge in [-0.15, -0.1) is 0 Å². The zero-order chi connectivity index (χ0) is 10.8. The number of hydrogen-bond acceptors (Lipinski definition) is 3. The fourth-order valence-electron chi connectivity index (χ4n) is 1.34. The second-order valence-electron chi connectivity index (χ2n) is 3.20. The molecule has 1 aromatic carbocycles. The fraction of sp³-hybridized carbons (Fsp3) is 0. The molecule has 0 aliphatic heterocycles. The van der Waals surface area contributed by atoms with Gasteiger partial charge in [-0.05, 0) is 30.3 Å². The lowest BCUT2D eigenvalue weighted by Gasteiger charge is -2.05. The first-order chi connectivity index (χ1) is 7.16. The second-order valence-corrected chi connectivity index (χ2v) is 3.20. The van der Waals surface area contributed by atoms with E-state index in [1.165, 1.54) is 18.2 Å². The van der Waals surface area contributed by atoms with Gasteiger partial charge in [0.05, 0.1) is 0 Å². The first-order valence-electron chi connectivity index (χ1n) is 4.44. The van der Waals surface area contributed by atoms with Crippen molar-refractivity contribution in [3.63, 3.8) is 0 Å². The van der Waals surface area contributed by atoms with Crippen LogP contribution < -0.4 is 11.5 Å². The van der Waals surface area contributed by atoms with Crippen LogP contribution in [0, 0.1) is 5.82 Å². The molecule has 3 nitrogen and oxygen atoms in total. The average Bonchev–Trinajstić information content (AvgIpc) is 2.23. The third kappa shape index (κ3) is 1.88. The molecule has 4 N–H and O–H groups in total. The molecule has 2 aromatic rings. The summed E-state index contributed by atoms with van der Waals surface area (Å²) >= 11 is 0. The SMILES string of the molecule is Nc1ccc(-c2cc(F)ccc2N)cn1. The number of anilines is 2. The fourth-order valence-corrected chi connectivity index (χ4v) is 1.34. The molecular weight excluding hydrogens is 193 g/mol. The topological polar surface area (TPSA) is 64.9 Å². The summed E-state index contributed by atoms with van der Waals surface area (Å²) in [5.41, 5.74) is 13.1. The van der Waals surface area contributed by atoms with Gasteiger partial charge in [0.25, 0.3) is 0 Å². The van der Waals surface area contributed by atoms with Crippen LogP contribution in [0.5, 0.6) is 0 Å². The number of rotatable bonds is 1. The average molecular weight is 203 g/mol. The van der Waals surface area contributed by atoms with Crippen molar-refractivity contribution in [2.24, 2.45) is 0 Å². The lowest BCUT2D eigenvalue weighted by atomic mass is 10.1. The van der Waals surface area contributed by atoms with Crippen LogP contribution in [0.25, 0.3) is 11.1 Å². The molecule has 0 saturated heterocycles. The predicted molar refractivity (Wildman–Crippen MR) is 58.5 cm³/mol. The van der Waals surface area contributed by atoms with Gasteiger partial charge in [-0.3, -0.25) is 0 Å². The van der Waals surface area contributed by atoms with Crippen molar-refractivity contribution in [2.45, 2.75) is 0 Å². The molecule has 0 radical (unpaired) electrons. The smallest absolute Gasteiger partial charge is 0.123 e. The Morgan fingerprint density at radius 2 is 1.87 bits per heavy atom. The van der Waals surface area contributed by atoms with E-state index in [1.54, 1.807) is 18.3 Å². The van der Waals surface area contributed by atoms with Crippen LogP contribution in [0.3, 0.4) is 0 Å². The zero-order valence-corrected chi connectivity index (χ0v) is 7.94. The third-order valence-electron chi connectivity index (χ3n) is 2.11. The lowest BCUT2D eigenvalue weighted by Crippen LogP contribution is -1.93. The number of hydrogen-bond donors (Lipinski definition) is 2. The van der Waals surface area contributed by atoms with Crippen molar-refractivity contribution in [3.8, 4) is 11.1 Å². The maximum atomic E-state index is 13.0. The molecule has 2 rings (SSSR count). The summed E-state index contributed by atoms with van der Waals surface area (Å²) in [7, 11) is 0. The highest BCUT2D eigenvalue weighted by Gasteiger charge is 2.04. The van der Waals surface area contributed by atoms with Crippen LogP contribution in [-0.2, 0) is 0 Å². The molecule has 15 heavy (non-hydrogen) atoms. The van der Waals surface area contributed by atoms with Gasteiger partial charge in [0.15, 0.2) is 0 Å². The second kappa shape index (κ2) is 3.57. The van der Waals surface area contributed by atoms with Crippen molar-refractivity contribution in [1.82, 2.24) is 4.98 Å². The Morgan fingerprint density at radius 3 is 2.53 bits per heavy atom. The molecule has 76 valence electrons. The number of nitrogens with two attached hydrogens (primary N) is 2. The van der Waals surface area contributed by atoms with Gasteiger partial charge in [-0.2, -0.15) is 0 Å². The quantitative estimate of drug-likeness (QED) is 0.697. The summed E-state index contributed by atoms with van der Waals surface area (Å²) in [6.45, 7) is 0. The largest absolute Gasteiger partial charge is 0.398 e. The molecule has 0 atom stereocenters.